The van der Waals surface area contributed by atoms with Crippen molar-refractivity contribution in [2.45, 2.75) is 83.8 Å². The van der Waals surface area contributed by atoms with E-state index in [2.05, 4.69) is 0 Å². The fraction of sp³-hybridized carbons (Fsp3) is 0.889. The number of esters is 1. The molecule has 5 heteroatoms. The van der Waals surface area contributed by atoms with Gasteiger partial charge in [0.1, 0.15) is 5.60 Å². The van der Waals surface area contributed by atoms with Crippen LogP contribution in [-0.2, 0) is 19.1 Å². The highest BCUT2D eigenvalue weighted by atomic mass is 16.6. The third-order valence-electron chi connectivity index (χ3n) is 4.04. The Morgan fingerprint density at radius 1 is 1.13 bits per heavy atom. The van der Waals surface area contributed by atoms with E-state index in [1.165, 1.54) is 0 Å². The first-order valence-corrected chi connectivity index (χ1v) is 8.84. The maximum atomic E-state index is 12.4. The van der Waals surface area contributed by atoms with Crippen LogP contribution in [0.2, 0.25) is 0 Å². The second-order valence-electron chi connectivity index (χ2n) is 7.31. The summed E-state index contributed by atoms with van der Waals surface area (Å²) in [6, 6.07) is 0.186. The number of unbranched alkanes of at least 4 members (excludes halogenated alkanes) is 1. The molecule has 0 aromatic rings. The summed E-state index contributed by atoms with van der Waals surface area (Å²) in [5, 5.41) is 0. The summed E-state index contributed by atoms with van der Waals surface area (Å²) in [5.74, 6) is 0.0468. The fourth-order valence-corrected chi connectivity index (χ4v) is 2.97. The van der Waals surface area contributed by atoms with Crippen LogP contribution in [0.5, 0.6) is 0 Å². The third kappa shape index (κ3) is 8.35. The average molecular weight is 327 g/mol. The number of hydrogen-bond donors (Lipinski definition) is 0. The zero-order valence-corrected chi connectivity index (χ0v) is 15.2. The van der Waals surface area contributed by atoms with Crippen LogP contribution in [0.3, 0.4) is 0 Å². The minimum Gasteiger partial charge on any atom is -0.460 e. The van der Waals surface area contributed by atoms with Gasteiger partial charge in [-0.1, -0.05) is 0 Å². The van der Waals surface area contributed by atoms with Crippen LogP contribution in [0.4, 0.5) is 0 Å². The molecule has 1 atom stereocenters. The van der Waals surface area contributed by atoms with E-state index in [1.807, 2.05) is 25.7 Å². The molecule has 23 heavy (non-hydrogen) atoms. The summed E-state index contributed by atoms with van der Waals surface area (Å²) < 4.78 is 10.4. The lowest BCUT2D eigenvalue weighted by Crippen LogP contribution is -2.44. The monoisotopic (exact) mass is 327 g/mol. The summed E-state index contributed by atoms with van der Waals surface area (Å²) in [4.78, 5) is 26.3. The Kier molecular flexibility index (Phi) is 8.59. The van der Waals surface area contributed by atoms with Crippen LogP contribution in [0, 0.1) is 0 Å². The van der Waals surface area contributed by atoms with Crippen LogP contribution >= 0.6 is 0 Å². The highest BCUT2D eigenvalue weighted by Crippen LogP contribution is 2.23. The molecule has 0 N–H and O–H groups in total. The first-order chi connectivity index (χ1) is 10.8. The van der Waals surface area contributed by atoms with Gasteiger partial charge in [0.2, 0.25) is 5.91 Å². The highest BCUT2D eigenvalue weighted by molar-refractivity contribution is 5.76. The topological polar surface area (TPSA) is 55.8 Å². The molecule has 0 unspecified atom stereocenters. The molecule has 1 heterocycles. The van der Waals surface area contributed by atoms with E-state index in [4.69, 9.17) is 9.47 Å². The molecule has 134 valence electrons. The van der Waals surface area contributed by atoms with Crippen molar-refractivity contribution in [2.24, 2.45) is 0 Å². The van der Waals surface area contributed by atoms with Gasteiger partial charge in [-0.2, -0.15) is 0 Å². The predicted octanol–water partition coefficient (Wildman–Crippen LogP) is 3.31. The Hall–Kier alpha value is -1.10. The van der Waals surface area contributed by atoms with Crippen molar-refractivity contribution in [1.29, 1.82) is 0 Å². The average Bonchev–Trinajstić information content (AvgIpc) is 2.48. The molecular weight excluding hydrogens is 294 g/mol. The van der Waals surface area contributed by atoms with E-state index in [-0.39, 0.29) is 17.9 Å². The fourth-order valence-electron chi connectivity index (χ4n) is 2.97. The summed E-state index contributed by atoms with van der Waals surface area (Å²) in [6.45, 7) is 7.15. The number of hydrogen-bond acceptors (Lipinski definition) is 4. The second-order valence-corrected chi connectivity index (χ2v) is 7.31. The molecule has 0 aromatic heterocycles. The number of piperidine rings is 1. The predicted molar refractivity (Wildman–Crippen MR) is 90.2 cm³/mol. The molecular formula is C18H33NO4. The van der Waals surface area contributed by atoms with E-state index >= 15 is 0 Å². The SMILES string of the molecule is COCCCCC(=O)N1CCCC[C@@H]1CCC(=O)OC(C)(C)C. The standard InChI is InChI=1S/C18H33NO4/c1-18(2,3)23-17(21)12-11-15-9-5-7-13-19(15)16(20)10-6-8-14-22-4/h15H,5-14H2,1-4H3/t15-/m1/s1. The minimum absolute atomic E-state index is 0.171. The molecule has 1 aliphatic rings. The maximum absolute atomic E-state index is 12.4. The molecule has 1 rings (SSSR count). The van der Waals surface area contributed by atoms with Gasteiger partial charge in [0.15, 0.2) is 0 Å². The summed E-state index contributed by atoms with van der Waals surface area (Å²) in [7, 11) is 1.68. The first-order valence-electron chi connectivity index (χ1n) is 8.84. The zero-order chi connectivity index (χ0) is 17.3. The van der Waals surface area contributed by atoms with Crippen molar-refractivity contribution in [3.63, 3.8) is 0 Å². The zero-order valence-electron chi connectivity index (χ0n) is 15.2. The van der Waals surface area contributed by atoms with Crippen molar-refractivity contribution in [1.82, 2.24) is 4.90 Å². The van der Waals surface area contributed by atoms with E-state index in [0.29, 0.717) is 25.9 Å². The van der Waals surface area contributed by atoms with Gasteiger partial charge in [-0.05, 0) is 59.3 Å². The van der Waals surface area contributed by atoms with Crippen LogP contribution in [0.1, 0.15) is 72.1 Å². The smallest absolute Gasteiger partial charge is 0.306 e. The number of ether oxygens (including phenoxy) is 2. The van der Waals surface area contributed by atoms with Gasteiger partial charge in [0.25, 0.3) is 0 Å². The Labute approximate surface area is 140 Å². The molecule has 0 saturated carbocycles. The van der Waals surface area contributed by atoms with Crippen molar-refractivity contribution in [2.75, 3.05) is 20.3 Å². The molecule has 0 radical (unpaired) electrons. The lowest BCUT2D eigenvalue weighted by Gasteiger charge is -2.36. The van der Waals surface area contributed by atoms with Crippen molar-refractivity contribution in [3.8, 4) is 0 Å². The molecule has 1 fully saturated rings. The Morgan fingerprint density at radius 3 is 2.52 bits per heavy atom. The Morgan fingerprint density at radius 2 is 1.87 bits per heavy atom. The largest absolute Gasteiger partial charge is 0.460 e. The van der Waals surface area contributed by atoms with Crippen molar-refractivity contribution < 1.29 is 19.1 Å². The number of methoxy groups -OCH3 is 1. The van der Waals surface area contributed by atoms with Gasteiger partial charge in [0, 0.05) is 39.1 Å². The van der Waals surface area contributed by atoms with Gasteiger partial charge in [-0.15, -0.1) is 0 Å². The number of amides is 1. The third-order valence-corrected chi connectivity index (χ3v) is 4.04. The molecule has 0 aliphatic carbocycles. The number of carbonyl (C=O) groups excluding carboxylic acids is 2. The van der Waals surface area contributed by atoms with Crippen LogP contribution in [0.15, 0.2) is 0 Å². The second kappa shape index (κ2) is 9.91. The number of nitrogens with zero attached hydrogens (tertiary/aromatic N) is 1. The molecule has 1 aliphatic heterocycles. The molecule has 1 amide bonds. The van der Waals surface area contributed by atoms with Crippen molar-refractivity contribution >= 4 is 11.9 Å². The Balaban J connectivity index is 2.41. The van der Waals surface area contributed by atoms with E-state index in [1.54, 1.807) is 7.11 Å². The summed E-state index contributed by atoms with van der Waals surface area (Å²) in [5.41, 5.74) is -0.444. The number of likely N-dealkylation sites (tertiary alicyclic amines) is 1. The summed E-state index contributed by atoms with van der Waals surface area (Å²) in [6.07, 6.45) is 6.63. The van der Waals surface area contributed by atoms with Gasteiger partial charge in [-0.25, -0.2) is 0 Å². The number of rotatable bonds is 8. The van der Waals surface area contributed by atoms with Crippen LogP contribution in [-0.4, -0.2) is 48.7 Å². The van der Waals surface area contributed by atoms with E-state index < -0.39 is 5.60 Å². The minimum atomic E-state index is -0.444. The first kappa shape index (κ1) is 19.9. The number of carbonyl (C=O) groups is 2. The molecule has 0 aromatic carbocycles. The molecule has 0 spiro atoms. The van der Waals surface area contributed by atoms with Gasteiger partial charge in [-0.3, -0.25) is 9.59 Å². The van der Waals surface area contributed by atoms with E-state index in [9.17, 15) is 9.59 Å². The van der Waals surface area contributed by atoms with Gasteiger partial charge in [0.05, 0.1) is 0 Å². The Bertz CT molecular complexity index is 376. The normalized spacial score (nSPS) is 18.8. The highest BCUT2D eigenvalue weighted by Gasteiger charge is 2.27. The van der Waals surface area contributed by atoms with E-state index in [0.717, 1.165) is 38.6 Å². The summed E-state index contributed by atoms with van der Waals surface area (Å²) >= 11 is 0. The molecule has 0 bridgehead atoms. The van der Waals surface area contributed by atoms with Gasteiger partial charge < -0.3 is 14.4 Å². The molecule has 1 saturated heterocycles. The molecule has 5 nitrogen and oxygen atoms in total. The van der Waals surface area contributed by atoms with Crippen molar-refractivity contribution in [3.05, 3.63) is 0 Å². The lowest BCUT2D eigenvalue weighted by molar-refractivity contribution is -0.155. The maximum Gasteiger partial charge on any atom is 0.306 e. The van der Waals surface area contributed by atoms with Gasteiger partial charge >= 0.3 is 5.97 Å². The van der Waals surface area contributed by atoms with Crippen LogP contribution in [0.25, 0.3) is 0 Å². The lowest BCUT2D eigenvalue weighted by atomic mass is 9.97. The van der Waals surface area contributed by atoms with Crippen LogP contribution < -0.4 is 0 Å². The quantitative estimate of drug-likeness (QED) is 0.507.